The molecule has 122 valence electrons. The number of nitrogens with zero attached hydrogens (tertiary/aromatic N) is 1. The van der Waals surface area contributed by atoms with Crippen LogP contribution in [0.15, 0.2) is 0 Å². The zero-order chi connectivity index (χ0) is 15.3. The molecule has 1 saturated heterocycles. The molecule has 1 unspecified atom stereocenters. The van der Waals surface area contributed by atoms with Crippen molar-refractivity contribution in [3.8, 4) is 0 Å². The molecule has 1 atom stereocenters. The third-order valence-corrected chi connectivity index (χ3v) is 6.04. The molecule has 0 amide bonds. The smallest absolute Gasteiger partial charge is 0.305 e. The van der Waals surface area contributed by atoms with E-state index in [-0.39, 0.29) is 24.2 Å². The number of esters is 1. The minimum absolute atomic E-state index is 0.0293. The van der Waals surface area contributed by atoms with Crippen molar-refractivity contribution in [3.63, 3.8) is 0 Å². The molecule has 1 heterocycles. The first-order chi connectivity index (χ1) is 10.0. The molecule has 1 aliphatic carbocycles. The number of ether oxygens (including phenoxy) is 1. The number of sulfonamides is 1. The highest BCUT2D eigenvalue weighted by Gasteiger charge is 2.32. The van der Waals surface area contributed by atoms with Crippen LogP contribution in [0.25, 0.3) is 0 Å². The first kappa shape index (κ1) is 16.7. The van der Waals surface area contributed by atoms with E-state index in [2.05, 4.69) is 10.1 Å². The summed E-state index contributed by atoms with van der Waals surface area (Å²) in [7, 11) is -1.96. The average Bonchev–Trinajstić information content (AvgIpc) is 3.11. The number of rotatable bonds is 9. The highest BCUT2D eigenvalue weighted by atomic mass is 32.2. The fraction of sp³-hybridized carbons (Fsp3) is 0.929. The van der Waals surface area contributed by atoms with E-state index >= 15 is 0 Å². The topological polar surface area (TPSA) is 75.7 Å². The lowest BCUT2D eigenvalue weighted by Crippen LogP contribution is -2.43. The standard InChI is InChI=1S/C14H26N2O4S/c1-20-14(17)5-3-9-21(18,19)16(10-12-6-7-12)11-13-4-2-8-15-13/h12-13,15H,2-11H2,1H3. The third-order valence-electron chi connectivity index (χ3n) is 4.15. The summed E-state index contributed by atoms with van der Waals surface area (Å²) in [6.07, 6.45) is 4.91. The molecule has 0 spiro atoms. The normalized spacial score (nSPS) is 22.7. The summed E-state index contributed by atoms with van der Waals surface area (Å²) < 4.78 is 31.2. The Labute approximate surface area is 127 Å². The van der Waals surface area contributed by atoms with Gasteiger partial charge < -0.3 is 10.1 Å². The predicted octanol–water partition coefficient (Wildman–Crippen LogP) is 0.733. The monoisotopic (exact) mass is 318 g/mol. The quantitative estimate of drug-likeness (QED) is 0.634. The Bertz CT molecular complexity index is 442. The van der Waals surface area contributed by atoms with Gasteiger partial charge in [0.1, 0.15) is 0 Å². The Hall–Kier alpha value is -0.660. The summed E-state index contributed by atoms with van der Waals surface area (Å²) in [5.41, 5.74) is 0. The van der Waals surface area contributed by atoms with Gasteiger partial charge in [-0.05, 0) is 44.6 Å². The van der Waals surface area contributed by atoms with Gasteiger partial charge in [-0.25, -0.2) is 12.7 Å². The lowest BCUT2D eigenvalue weighted by molar-refractivity contribution is -0.140. The van der Waals surface area contributed by atoms with Crippen LogP contribution in [0.5, 0.6) is 0 Å². The van der Waals surface area contributed by atoms with Gasteiger partial charge in [0.25, 0.3) is 0 Å². The van der Waals surface area contributed by atoms with Crippen LogP contribution in [0.2, 0.25) is 0 Å². The van der Waals surface area contributed by atoms with Gasteiger partial charge >= 0.3 is 5.97 Å². The maximum absolute atomic E-state index is 12.5. The van der Waals surface area contributed by atoms with Crippen molar-refractivity contribution in [1.29, 1.82) is 0 Å². The lowest BCUT2D eigenvalue weighted by Gasteiger charge is -2.25. The van der Waals surface area contributed by atoms with Crippen LogP contribution in [0.1, 0.15) is 38.5 Å². The van der Waals surface area contributed by atoms with E-state index in [0.717, 1.165) is 32.2 Å². The Morgan fingerprint density at radius 1 is 1.29 bits per heavy atom. The number of hydrogen-bond acceptors (Lipinski definition) is 5. The molecule has 1 saturated carbocycles. The van der Waals surface area contributed by atoms with Crippen LogP contribution < -0.4 is 5.32 Å². The fourth-order valence-corrected chi connectivity index (χ4v) is 4.29. The minimum atomic E-state index is -3.28. The Morgan fingerprint density at radius 3 is 2.62 bits per heavy atom. The lowest BCUT2D eigenvalue weighted by atomic mass is 10.2. The molecule has 7 heteroatoms. The van der Waals surface area contributed by atoms with Gasteiger partial charge in [-0.3, -0.25) is 4.79 Å². The molecule has 2 rings (SSSR count). The van der Waals surface area contributed by atoms with Crippen molar-refractivity contribution in [2.24, 2.45) is 5.92 Å². The molecule has 2 fully saturated rings. The largest absolute Gasteiger partial charge is 0.469 e. The summed E-state index contributed by atoms with van der Waals surface area (Å²) in [5.74, 6) is 0.208. The summed E-state index contributed by atoms with van der Waals surface area (Å²) >= 11 is 0. The fourth-order valence-electron chi connectivity index (χ4n) is 2.68. The first-order valence-electron chi connectivity index (χ1n) is 7.79. The second kappa shape index (κ2) is 7.56. The molecule has 1 N–H and O–H groups in total. The van der Waals surface area contributed by atoms with Crippen molar-refractivity contribution in [3.05, 3.63) is 0 Å². The summed E-state index contributed by atoms with van der Waals surface area (Å²) in [6.45, 7) is 2.18. The summed E-state index contributed by atoms with van der Waals surface area (Å²) in [5, 5.41) is 3.36. The molecular weight excluding hydrogens is 292 g/mol. The highest BCUT2D eigenvalue weighted by Crippen LogP contribution is 2.31. The van der Waals surface area contributed by atoms with Crippen molar-refractivity contribution >= 4 is 16.0 Å². The number of hydrogen-bond donors (Lipinski definition) is 1. The molecule has 2 aliphatic rings. The second-order valence-electron chi connectivity index (χ2n) is 6.05. The first-order valence-corrected chi connectivity index (χ1v) is 9.40. The Kier molecular flexibility index (Phi) is 6.01. The predicted molar refractivity (Wildman–Crippen MR) is 80.4 cm³/mol. The average molecular weight is 318 g/mol. The second-order valence-corrected chi connectivity index (χ2v) is 8.14. The van der Waals surface area contributed by atoms with Crippen molar-refractivity contribution in [2.45, 2.75) is 44.6 Å². The van der Waals surface area contributed by atoms with Gasteiger partial charge in [-0.15, -0.1) is 0 Å². The van der Waals surface area contributed by atoms with Crippen LogP contribution in [0, 0.1) is 5.92 Å². The Balaban J connectivity index is 1.87. The van der Waals surface area contributed by atoms with Crippen LogP contribution in [0.4, 0.5) is 0 Å². The zero-order valence-corrected chi connectivity index (χ0v) is 13.5. The number of nitrogens with one attached hydrogen (secondary N) is 1. The van der Waals surface area contributed by atoms with Gasteiger partial charge in [0.2, 0.25) is 10.0 Å². The van der Waals surface area contributed by atoms with E-state index < -0.39 is 10.0 Å². The number of carbonyl (C=O) groups is 1. The minimum Gasteiger partial charge on any atom is -0.469 e. The number of methoxy groups -OCH3 is 1. The van der Waals surface area contributed by atoms with Crippen molar-refractivity contribution < 1.29 is 17.9 Å². The van der Waals surface area contributed by atoms with E-state index in [9.17, 15) is 13.2 Å². The third kappa shape index (κ3) is 5.56. The van der Waals surface area contributed by atoms with E-state index in [4.69, 9.17) is 0 Å². The Morgan fingerprint density at radius 2 is 2.05 bits per heavy atom. The molecule has 1 aliphatic heterocycles. The van der Waals surface area contributed by atoms with Crippen LogP contribution in [-0.4, -0.2) is 57.2 Å². The molecule has 0 aromatic carbocycles. The van der Waals surface area contributed by atoms with Gasteiger partial charge in [0.05, 0.1) is 12.9 Å². The summed E-state index contributed by atoms with van der Waals surface area (Å²) in [6, 6.07) is 0.277. The molecule has 0 bridgehead atoms. The van der Waals surface area contributed by atoms with Crippen LogP contribution in [0.3, 0.4) is 0 Å². The molecule has 0 aromatic rings. The number of carbonyl (C=O) groups excluding carboxylic acids is 1. The molecular formula is C14H26N2O4S. The summed E-state index contributed by atoms with van der Waals surface area (Å²) in [4.78, 5) is 11.1. The SMILES string of the molecule is COC(=O)CCCS(=O)(=O)N(CC1CC1)CC1CCCN1. The van der Waals surface area contributed by atoms with Crippen molar-refractivity contribution in [1.82, 2.24) is 9.62 Å². The molecule has 21 heavy (non-hydrogen) atoms. The zero-order valence-electron chi connectivity index (χ0n) is 12.7. The van der Waals surface area contributed by atoms with E-state index in [1.165, 1.54) is 7.11 Å². The highest BCUT2D eigenvalue weighted by molar-refractivity contribution is 7.89. The van der Waals surface area contributed by atoms with Gasteiger partial charge in [-0.1, -0.05) is 0 Å². The van der Waals surface area contributed by atoms with Crippen LogP contribution in [-0.2, 0) is 19.6 Å². The van der Waals surface area contributed by atoms with Gasteiger partial charge in [0, 0.05) is 25.6 Å². The van der Waals surface area contributed by atoms with Crippen molar-refractivity contribution in [2.75, 3.05) is 32.5 Å². The van der Waals surface area contributed by atoms with E-state index in [0.29, 0.717) is 25.4 Å². The molecule has 0 radical (unpaired) electrons. The maximum Gasteiger partial charge on any atom is 0.305 e. The molecule has 6 nitrogen and oxygen atoms in total. The maximum atomic E-state index is 12.5. The van der Waals surface area contributed by atoms with E-state index in [1.807, 2.05) is 0 Å². The molecule has 0 aromatic heterocycles. The van der Waals surface area contributed by atoms with E-state index in [1.54, 1.807) is 4.31 Å². The van der Waals surface area contributed by atoms with Gasteiger partial charge in [-0.2, -0.15) is 0 Å². The van der Waals surface area contributed by atoms with Crippen LogP contribution >= 0.6 is 0 Å². The van der Waals surface area contributed by atoms with Gasteiger partial charge in [0.15, 0.2) is 0 Å².